The molecule has 0 saturated heterocycles. The molecule has 110 valence electrons. The number of aromatic carboxylic acids is 1. The van der Waals surface area contributed by atoms with Crippen molar-refractivity contribution in [3.63, 3.8) is 0 Å². The molecule has 0 heterocycles. The van der Waals surface area contributed by atoms with Crippen LogP contribution in [0.4, 0.5) is 4.39 Å². The Labute approximate surface area is 119 Å². The molecule has 1 fully saturated rings. The Balaban J connectivity index is 1.82. The normalized spacial score (nSPS) is 22.7. The predicted molar refractivity (Wildman–Crippen MR) is 76.2 cm³/mol. The Kier molecular flexibility index (Phi) is 5.12. The first kappa shape index (κ1) is 15.0. The Hall–Kier alpha value is -1.42. The van der Waals surface area contributed by atoms with Crippen molar-refractivity contribution in [1.82, 2.24) is 5.32 Å². The van der Waals surface area contributed by atoms with E-state index in [4.69, 9.17) is 5.11 Å². The summed E-state index contributed by atoms with van der Waals surface area (Å²) in [6.07, 6.45) is 5.16. The highest BCUT2D eigenvalue weighted by molar-refractivity contribution is 5.87. The van der Waals surface area contributed by atoms with Gasteiger partial charge < -0.3 is 10.4 Å². The number of rotatable bonds is 5. The zero-order valence-electron chi connectivity index (χ0n) is 11.9. The van der Waals surface area contributed by atoms with Gasteiger partial charge in [-0.1, -0.05) is 25.8 Å². The van der Waals surface area contributed by atoms with Gasteiger partial charge in [0.15, 0.2) is 0 Å². The number of carbonyl (C=O) groups is 1. The molecule has 0 bridgehead atoms. The van der Waals surface area contributed by atoms with Crippen LogP contribution in [-0.2, 0) is 6.54 Å². The third-order valence-electron chi connectivity index (χ3n) is 4.07. The minimum absolute atomic E-state index is 0.269. The van der Waals surface area contributed by atoms with E-state index in [9.17, 15) is 9.18 Å². The van der Waals surface area contributed by atoms with Crippen molar-refractivity contribution in [3.8, 4) is 0 Å². The average molecular weight is 279 g/mol. The molecule has 2 atom stereocenters. The maximum absolute atomic E-state index is 13.5. The fourth-order valence-electron chi connectivity index (χ4n) is 3.01. The van der Waals surface area contributed by atoms with E-state index in [2.05, 4.69) is 12.2 Å². The molecule has 1 aliphatic carbocycles. The van der Waals surface area contributed by atoms with E-state index in [1.807, 2.05) is 0 Å². The van der Waals surface area contributed by atoms with E-state index in [1.54, 1.807) is 6.07 Å². The summed E-state index contributed by atoms with van der Waals surface area (Å²) in [5.74, 6) is -0.369. The van der Waals surface area contributed by atoms with Crippen LogP contribution in [0, 0.1) is 17.7 Å². The highest BCUT2D eigenvalue weighted by atomic mass is 19.1. The van der Waals surface area contributed by atoms with Crippen molar-refractivity contribution < 1.29 is 14.3 Å². The maximum Gasteiger partial charge on any atom is 0.338 e. The minimum Gasteiger partial charge on any atom is -0.478 e. The zero-order valence-corrected chi connectivity index (χ0v) is 11.9. The van der Waals surface area contributed by atoms with Crippen LogP contribution in [-0.4, -0.2) is 17.6 Å². The third kappa shape index (κ3) is 4.04. The number of nitrogens with one attached hydrogen (secondary N) is 1. The van der Waals surface area contributed by atoms with Crippen LogP contribution >= 0.6 is 0 Å². The van der Waals surface area contributed by atoms with Gasteiger partial charge in [0.2, 0.25) is 0 Å². The van der Waals surface area contributed by atoms with E-state index in [0.717, 1.165) is 18.0 Å². The highest BCUT2D eigenvalue weighted by Gasteiger charge is 2.18. The first-order chi connectivity index (χ1) is 9.56. The number of hydrogen-bond acceptors (Lipinski definition) is 2. The molecule has 2 unspecified atom stereocenters. The molecule has 0 radical (unpaired) electrons. The number of carboxylic acids is 1. The quantitative estimate of drug-likeness (QED) is 0.868. The van der Waals surface area contributed by atoms with Crippen LogP contribution in [0.2, 0.25) is 0 Å². The monoisotopic (exact) mass is 279 g/mol. The molecular formula is C16H22FNO2. The summed E-state index contributed by atoms with van der Waals surface area (Å²) in [4.78, 5) is 10.7. The zero-order chi connectivity index (χ0) is 14.5. The molecule has 1 aromatic rings. The topological polar surface area (TPSA) is 49.3 Å². The Morgan fingerprint density at radius 3 is 2.90 bits per heavy atom. The van der Waals surface area contributed by atoms with Crippen molar-refractivity contribution in [3.05, 3.63) is 35.1 Å². The Bertz CT molecular complexity index is 476. The summed E-state index contributed by atoms with van der Waals surface area (Å²) in [5, 5.41) is 12.1. The van der Waals surface area contributed by atoms with Gasteiger partial charge in [0.25, 0.3) is 0 Å². The fraction of sp³-hybridized carbons (Fsp3) is 0.562. The van der Waals surface area contributed by atoms with Gasteiger partial charge in [-0.3, -0.25) is 0 Å². The number of benzene rings is 1. The molecular weight excluding hydrogens is 257 g/mol. The van der Waals surface area contributed by atoms with Gasteiger partial charge in [-0.25, -0.2) is 9.18 Å². The van der Waals surface area contributed by atoms with E-state index in [-0.39, 0.29) is 5.56 Å². The number of hydrogen-bond donors (Lipinski definition) is 2. The summed E-state index contributed by atoms with van der Waals surface area (Å²) < 4.78 is 13.5. The van der Waals surface area contributed by atoms with Gasteiger partial charge in [0.1, 0.15) is 5.82 Å². The van der Waals surface area contributed by atoms with Gasteiger partial charge >= 0.3 is 5.97 Å². The second-order valence-electron chi connectivity index (χ2n) is 5.89. The standard InChI is InChI=1S/C16H22FNO2/c1-11-3-2-4-12(7-11)9-18-10-13-5-6-14(16(19)20)15(17)8-13/h5-6,8,11-12,18H,2-4,7,9-10H2,1H3,(H,19,20). The maximum atomic E-state index is 13.5. The Morgan fingerprint density at radius 1 is 1.45 bits per heavy atom. The van der Waals surface area contributed by atoms with Gasteiger partial charge in [-0.15, -0.1) is 0 Å². The van der Waals surface area contributed by atoms with Crippen molar-refractivity contribution >= 4 is 5.97 Å². The van der Waals surface area contributed by atoms with Crippen LogP contribution in [0.15, 0.2) is 18.2 Å². The lowest BCUT2D eigenvalue weighted by Crippen LogP contribution is -2.26. The molecule has 0 amide bonds. The summed E-state index contributed by atoms with van der Waals surface area (Å²) in [5.41, 5.74) is 0.520. The second-order valence-corrected chi connectivity index (χ2v) is 5.89. The van der Waals surface area contributed by atoms with E-state index in [0.29, 0.717) is 12.5 Å². The smallest absolute Gasteiger partial charge is 0.338 e. The SMILES string of the molecule is CC1CCCC(CNCc2ccc(C(=O)O)c(F)c2)C1. The van der Waals surface area contributed by atoms with Crippen molar-refractivity contribution in [2.45, 2.75) is 39.2 Å². The fourth-order valence-corrected chi connectivity index (χ4v) is 3.01. The van der Waals surface area contributed by atoms with Crippen LogP contribution in [0.3, 0.4) is 0 Å². The van der Waals surface area contributed by atoms with E-state index in [1.165, 1.54) is 37.8 Å². The van der Waals surface area contributed by atoms with E-state index < -0.39 is 11.8 Å². The summed E-state index contributed by atoms with van der Waals surface area (Å²) in [6, 6.07) is 4.31. The lowest BCUT2D eigenvalue weighted by molar-refractivity contribution is 0.0692. The number of carboxylic acid groups (broad SMARTS) is 1. The Morgan fingerprint density at radius 2 is 2.25 bits per heavy atom. The summed E-state index contributed by atoms with van der Waals surface area (Å²) in [7, 11) is 0. The van der Waals surface area contributed by atoms with Gasteiger partial charge in [0, 0.05) is 6.54 Å². The van der Waals surface area contributed by atoms with Gasteiger partial charge in [0.05, 0.1) is 5.56 Å². The molecule has 1 aliphatic rings. The first-order valence-electron chi connectivity index (χ1n) is 7.28. The molecule has 20 heavy (non-hydrogen) atoms. The molecule has 0 aromatic heterocycles. The molecule has 3 nitrogen and oxygen atoms in total. The molecule has 2 rings (SSSR count). The molecule has 1 saturated carbocycles. The third-order valence-corrected chi connectivity index (χ3v) is 4.07. The largest absolute Gasteiger partial charge is 0.478 e. The summed E-state index contributed by atoms with van der Waals surface area (Å²) in [6.45, 7) is 3.83. The molecule has 4 heteroatoms. The first-order valence-corrected chi connectivity index (χ1v) is 7.28. The summed E-state index contributed by atoms with van der Waals surface area (Å²) >= 11 is 0. The van der Waals surface area contributed by atoms with Crippen LogP contribution < -0.4 is 5.32 Å². The van der Waals surface area contributed by atoms with Crippen LogP contribution in [0.25, 0.3) is 0 Å². The minimum atomic E-state index is -1.22. The lowest BCUT2D eigenvalue weighted by atomic mass is 9.82. The van der Waals surface area contributed by atoms with Crippen LogP contribution in [0.5, 0.6) is 0 Å². The van der Waals surface area contributed by atoms with Gasteiger partial charge in [-0.05, 0) is 48.9 Å². The predicted octanol–water partition coefficient (Wildman–Crippen LogP) is 3.44. The van der Waals surface area contributed by atoms with E-state index >= 15 is 0 Å². The molecule has 1 aromatic carbocycles. The van der Waals surface area contributed by atoms with Gasteiger partial charge in [-0.2, -0.15) is 0 Å². The van der Waals surface area contributed by atoms with Crippen molar-refractivity contribution in [2.75, 3.05) is 6.54 Å². The average Bonchev–Trinajstić information content (AvgIpc) is 2.38. The lowest BCUT2D eigenvalue weighted by Gasteiger charge is -2.26. The van der Waals surface area contributed by atoms with Crippen LogP contribution in [0.1, 0.15) is 48.5 Å². The van der Waals surface area contributed by atoms with Crippen molar-refractivity contribution in [2.24, 2.45) is 11.8 Å². The second kappa shape index (κ2) is 6.84. The molecule has 2 N–H and O–H groups in total. The highest BCUT2D eigenvalue weighted by Crippen LogP contribution is 2.27. The molecule has 0 aliphatic heterocycles. The van der Waals surface area contributed by atoms with Crippen molar-refractivity contribution in [1.29, 1.82) is 0 Å². The molecule has 0 spiro atoms. The number of halogens is 1.